The molecule has 19 nitrogen and oxygen atoms in total. The first kappa shape index (κ1) is 57.1. The maximum atomic E-state index is 14.7. The first-order valence-corrected chi connectivity index (χ1v) is 31.0. The smallest absolute Gasteiger partial charge is 0.255 e. The molecule has 89 heavy (non-hydrogen) atoms. The third-order valence-electron chi connectivity index (χ3n) is 15.8. The Kier molecular flexibility index (Phi) is 13.7. The number of furan rings is 2. The zero-order valence-corrected chi connectivity index (χ0v) is 49.6. The first-order valence-electron chi connectivity index (χ1n) is 27.3. The maximum absolute atomic E-state index is 14.7. The molecule has 0 bridgehead atoms. The van der Waals surface area contributed by atoms with E-state index in [1.807, 2.05) is 33.2 Å². The number of sulfonamides is 2. The van der Waals surface area contributed by atoms with Crippen molar-refractivity contribution in [2.45, 2.75) is 6.67 Å². The lowest BCUT2D eigenvalue weighted by Crippen LogP contribution is -2.25. The van der Waals surface area contributed by atoms with Crippen LogP contribution in [0.3, 0.4) is 0 Å². The van der Waals surface area contributed by atoms with E-state index in [9.17, 15) is 44.9 Å². The molecule has 0 spiro atoms. The molecule has 14 rings (SSSR count). The zero-order chi connectivity index (χ0) is 62.5. The summed E-state index contributed by atoms with van der Waals surface area (Å²) >= 11 is 0. The number of hydrogen-bond acceptors (Lipinski definition) is 13. The molecular formula is C65H48F3N11O8S2. The van der Waals surface area contributed by atoms with E-state index in [1.165, 1.54) is 82.8 Å². The highest BCUT2D eigenvalue weighted by Gasteiger charge is 2.30. The van der Waals surface area contributed by atoms with Gasteiger partial charge in [-0.15, -0.1) is 0 Å². The second-order valence-corrected chi connectivity index (χ2v) is 25.1. The Bertz CT molecular complexity index is 5450. The Morgan fingerprint density at radius 2 is 1.17 bits per heavy atom. The molecular weight excluding hydrogens is 1180 g/mol. The van der Waals surface area contributed by atoms with Crippen molar-refractivity contribution in [2.75, 3.05) is 54.6 Å². The van der Waals surface area contributed by atoms with Crippen LogP contribution in [0.2, 0.25) is 0 Å². The van der Waals surface area contributed by atoms with Crippen LogP contribution in [0.5, 0.6) is 0 Å². The van der Waals surface area contributed by atoms with Crippen LogP contribution in [-0.2, 0) is 26.7 Å². The summed E-state index contributed by atoms with van der Waals surface area (Å²) in [6.07, 6.45) is 3.85. The van der Waals surface area contributed by atoms with Crippen molar-refractivity contribution in [2.24, 2.45) is 0 Å². The fourth-order valence-corrected chi connectivity index (χ4v) is 12.3. The van der Waals surface area contributed by atoms with E-state index in [1.54, 1.807) is 73.1 Å². The van der Waals surface area contributed by atoms with Gasteiger partial charge >= 0.3 is 0 Å². The monoisotopic (exact) mass is 1230 g/mol. The van der Waals surface area contributed by atoms with Crippen LogP contribution in [0.15, 0.2) is 161 Å². The number of nitrogens with one attached hydrogen (secondary N) is 3. The topological polar surface area (TPSA) is 243 Å². The minimum absolute atomic E-state index is 0.207. The number of carbonyl (C=O) groups is 2. The lowest BCUT2D eigenvalue weighted by Gasteiger charge is -2.23. The number of halogens is 3. The van der Waals surface area contributed by atoms with E-state index in [0.717, 1.165) is 37.7 Å². The van der Waals surface area contributed by atoms with Gasteiger partial charge in [-0.1, -0.05) is 12.1 Å². The van der Waals surface area contributed by atoms with Crippen LogP contribution in [0, 0.1) is 28.8 Å². The summed E-state index contributed by atoms with van der Waals surface area (Å²) in [6, 6.07) is 40.9. The number of amides is 2. The Hall–Kier alpha value is -11.0. The Morgan fingerprint density at radius 1 is 0.629 bits per heavy atom. The molecule has 1 aliphatic heterocycles. The third-order valence-corrected chi connectivity index (χ3v) is 18.2. The molecule has 0 fully saturated rings. The number of rotatable bonds is 10. The van der Waals surface area contributed by atoms with Crippen molar-refractivity contribution in [3.8, 4) is 62.6 Å². The van der Waals surface area contributed by atoms with Crippen LogP contribution >= 0.6 is 0 Å². The third kappa shape index (κ3) is 9.72. The van der Waals surface area contributed by atoms with Gasteiger partial charge in [-0.3, -0.25) is 22.6 Å². The van der Waals surface area contributed by atoms with Crippen molar-refractivity contribution in [1.82, 2.24) is 34.6 Å². The quantitative estimate of drug-likeness (QED) is 0.115. The standard InChI is InChI=1S/C33H23FN6O4S.C32H25F2N5O4S/c1-36-33(41)30-23-13-22(27(39(2)45(3,42)43)15-29(23)44-32(30)18-7-9-20(34)10-8-18)24-11-12-25-31(38-24)28-14-21-19(16-35)5-4-6-26(21)40(28)17-37-25;1-35-32(40)29-21-13-20(26(38(2)44(3,41)42)15-28(21)43-31(29)17-7-9-18(33)10-8-17)23-11-12-24-30(37-23)27-14-19-22(34)5-4-6-25(19)39(27)16-36-24/h4-15,17H,1-3H3,(H,36,41);4-15,36H,16H2,1-3H3,(H,35,40). The molecule has 0 radical (unpaired) electrons. The van der Waals surface area contributed by atoms with Gasteiger partial charge in [0.05, 0.1) is 98.2 Å². The zero-order valence-electron chi connectivity index (χ0n) is 47.9. The predicted molar refractivity (Wildman–Crippen MR) is 336 cm³/mol. The summed E-state index contributed by atoms with van der Waals surface area (Å²) in [5, 5.41) is 20.3. The van der Waals surface area contributed by atoms with Gasteiger partial charge in [0.15, 0.2) is 0 Å². The van der Waals surface area contributed by atoms with Gasteiger partial charge in [-0.2, -0.15) is 5.26 Å². The van der Waals surface area contributed by atoms with Crippen LogP contribution in [0.4, 0.5) is 30.2 Å². The summed E-state index contributed by atoms with van der Waals surface area (Å²) in [5.74, 6) is -1.69. The summed E-state index contributed by atoms with van der Waals surface area (Å²) in [7, 11) is -1.66. The molecule has 24 heteroatoms. The molecule has 6 aromatic carbocycles. The molecule has 13 aromatic rings. The van der Waals surface area contributed by atoms with Crippen LogP contribution < -0.4 is 24.6 Å². The number of fused-ring (bicyclic) bond motifs is 12. The summed E-state index contributed by atoms with van der Waals surface area (Å²) < 4.78 is 112. The second kappa shape index (κ2) is 21.4. The molecule has 444 valence electrons. The van der Waals surface area contributed by atoms with Gasteiger partial charge in [0.25, 0.3) is 11.8 Å². The highest BCUT2D eigenvalue weighted by atomic mass is 32.2. The number of hydrogen-bond donors (Lipinski definition) is 3. The van der Waals surface area contributed by atoms with Gasteiger partial charge in [-0.05, 0) is 121 Å². The van der Waals surface area contributed by atoms with Crippen molar-refractivity contribution in [3.05, 3.63) is 186 Å². The van der Waals surface area contributed by atoms with E-state index in [-0.39, 0.29) is 51.0 Å². The van der Waals surface area contributed by atoms with Crippen molar-refractivity contribution >= 4 is 109 Å². The molecule has 7 aromatic heterocycles. The lowest BCUT2D eigenvalue weighted by molar-refractivity contribution is 0.0956. The van der Waals surface area contributed by atoms with Gasteiger partial charge < -0.3 is 29.4 Å². The minimum atomic E-state index is -3.74. The highest BCUT2D eigenvalue weighted by molar-refractivity contribution is 7.92. The summed E-state index contributed by atoms with van der Waals surface area (Å²) in [4.78, 5) is 40.9. The molecule has 1 aliphatic rings. The average Bonchev–Trinajstić information content (AvgIpc) is 1.70. The Balaban J connectivity index is 0.000000164. The predicted octanol–water partition coefficient (Wildman–Crippen LogP) is 12.1. The average molecular weight is 1230 g/mol. The number of nitrogens with zero attached hydrogens (tertiary/aromatic N) is 8. The van der Waals surface area contributed by atoms with Crippen molar-refractivity contribution in [1.29, 1.82) is 5.26 Å². The van der Waals surface area contributed by atoms with E-state index in [4.69, 9.17) is 18.8 Å². The minimum Gasteiger partial charge on any atom is -0.455 e. The molecule has 3 N–H and O–H groups in total. The van der Waals surface area contributed by atoms with Crippen LogP contribution in [0.25, 0.3) is 117 Å². The molecule has 0 saturated carbocycles. The number of carbonyl (C=O) groups excluding carboxylic acids is 2. The van der Waals surface area contributed by atoms with Crippen molar-refractivity contribution in [3.63, 3.8) is 0 Å². The normalized spacial score (nSPS) is 12.2. The van der Waals surface area contributed by atoms with Crippen LogP contribution in [-0.4, -0.2) is 93.3 Å². The molecule has 0 saturated heterocycles. The van der Waals surface area contributed by atoms with E-state index >= 15 is 0 Å². The SMILES string of the molecule is CNC(=O)c1c(-c2ccc(F)cc2)oc2cc(N(C)S(C)(=O)=O)c(-c3ccc4c(n3)-c3cc5c(F)cccc5n3CN4)cc12.CNC(=O)c1c(-c2ccc(F)cc2)oc2cc(N(C)S(C)(=O)=O)c(-c3ccc4ncn5c6cccc(C#N)c6cc5c4n3)cc12. The number of nitriles is 1. The van der Waals surface area contributed by atoms with Gasteiger partial charge in [0.2, 0.25) is 20.0 Å². The summed E-state index contributed by atoms with van der Waals surface area (Å²) in [5.41, 5.74) is 9.96. The molecule has 0 atom stereocenters. The van der Waals surface area contributed by atoms with E-state index in [2.05, 4.69) is 27.0 Å². The van der Waals surface area contributed by atoms with E-state index < -0.39 is 43.5 Å². The highest BCUT2D eigenvalue weighted by Crippen LogP contribution is 2.45. The first-order chi connectivity index (χ1) is 42.6. The fraction of sp³-hybridized carbons (Fsp3) is 0.108. The van der Waals surface area contributed by atoms with Crippen molar-refractivity contribution < 1.29 is 48.4 Å². The largest absolute Gasteiger partial charge is 0.455 e. The number of anilines is 3. The van der Waals surface area contributed by atoms with Gasteiger partial charge in [0, 0.05) is 84.1 Å². The number of benzene rings is 6. The second-order valence-electron chi connectivity index (χ2n) is 21.1. The fourth-order valence-electron chi connectivity index (χ4n) is 11.3. The number of aromatic nitrogens is 5. The molecule has 2 amide bonds. The summed E-state index contributed by atoms with van der Waals surface area (Å²) in [6.45, 7) is 0.418. The lowest BCUT2D eigenvalue weighted by atomic mass is 10.00. The molecule has 8 heterocycles. The molecule has 0 aliphatic carbocycles. The van der Waals surface area contributed by atoms with Gasteiger partial charge in [0.1, 0.15) is 57.7 Å². The Labute approximate surface area is 505 Å². The molecule has 0 unspecified atom stereocenters. The maximum Gasteiger partial charge on any atom is 0.255 e. The van der Waals surface area contributed by atoms with Gasteiger partial charge in [-0.25, -0.2) is 45.0 Å². The van der Waals surface area contributed by atoms with E-state index in [0.29, 0.717) is 95.5 Å². The number of pyridine rings is 2. The Morgan fingerprint density at radius 3 is 1.72 bits per heavy atom. The van der Waals surface area contributed by atoms with Crippen LogP contribution in [0.1, 0.15) is 26.3 Å².